The number of ether oxygens (including phenoxy) is 2. The number of nitrogen functional groups attached to an aromatic ring is 1. The first-order valence-electron chi connectivity index (χ1n) is 8.62. The van der Waals surface area contributed by atoms with Crippen molar-refractivity contribution in [1.29, 1.82) is 0 Å². The van der Waals surface area contributed by atoms with Crippen molar-refractivity contribution in [2.24, 2.45) is 0 Å². The van der Waals surface area contributed by atoms with E-state index < -0.39 is 5.91 Å². The van der Waals surface area contributed by atoms with Gasteiger partial charge >= 0.3 is 11.6 Å². The lowest BCUT2D eigenvalue weighted by molar-refractivity contribution is -0.667. The maximum atomic E-state index is 12.5. The van der Waals surface area contributed by atoms with Crippen LogP contribution in [0.1, 0.15) is 23.3 Å². The van der Waals surface area contributed by atoms with Gasteiger partial charge in [-0.05, 0) is 17.7 Å². The van der Waals surface area contributed by atoms with E-state index in [1.165, 1.54) is 14.2 Å². The fraction of sp³-hybridized carbons (Fsp3) is 0.278. The van der Waals surface area contributed by atoms with Gasteiger partial charge in [0.25, 0.3) is 0 Å². The summed E-state index contributed by atoms with van der Waals surface area (Å²) < 4.78 is 10.4. The summed E-state index contributed by atoms with van der Waals surface area (Å²) in [6, 6.07) is 6.92. The first-order valence-corrected chi connectivity index (χ1v) is 8.62. The second-order valence-corrected chi connectivity index (χ2v) is 6.39. The smallest absolute Gasteiger partial charge is 0.332 e. The summed E-state index contributed by atoms with van der Waals surface area (Å²) in [5.74, 6) is -0.0162. The number of nitrogens with zero attached hydrogens (tertiary/aromatic N) is 4. The van der Waals surface area contributed by atoms with Gasteiger partial charge < -0.3 is 25.7 Å². The fourth-order valence-corrected chi connectivity index (χ4v) is 2.95. The molecule has 0 aliphatic heterocycles. The van der Waals surface area contributed by atoms with Crippen molar-refractivity contribution in [3.63, 3.8) is 0 Å². The average Bonchev–Trinajstić information content (AvgIpc) is 3.51. The second kappa shape index (κ2) is 6.80. The number of hydrogen-bond donors (Lipinski definition) is 2. The number of methoxy groups -OCH3 is 2. The highest BCUT2D eigenvalue weighted by atomic mass is 16.5. The van der Waals surface area contributed by atoms with Gasteiger partial charge in [0, 0.05) is 28.2 Å². The molecule has 1 aromatic carbocycles. The zero-order valence-electron chi connectivity index (χ0n) is 15.3. The van der Waals surface area contributed by atoms with Crippen molar-refractivity contribution >= 4 is 22.5 Å². The van der Waals surface area contributed by atoms with Crippen LogP contribution < -0.4 is 25.4 Å². The molecule has 0 bridgehead atoms. The van der Waals surface area contributed by atoms with Crippen molar-refractivity contribution in [1.82, 2.24) is 20.6 Å². The molecular weight excluding hydrogens is 364 g/mol. The number of carbonyl (C=O) groups is 1. The van der Waals surface area contributed by atoms with Crippen LogP contribution in [0.15, 0.2) is 24.3 Å². The molecule has 1 saturated carbocycles. The summed E-state index contributed by atoms with van der Waals surface area (Å²) in [5, 5.41) is 27.7. The minimum Gasteiger partial charge on any atom is -0.594 e. The largest absolute Gasteiger partial charge is 0.594 e. The number of anilines is 1. The number of fused-ring (bicyclic) bond motifs is 1. The normalized spacial score (nSPS) is 13.4. The van der Waals surface area contributed by atoms with Gasteiger partial charge in [0.1, 0.15) is 11.2 Å². The molecular formula is C18H18N6O4. The summed E-state index contributed by atoms with van der Waals surface area (Å²) in [4.78, 5) is 12.7. The Morgan fingerprint density at radius 1 is 1.25 bits per heavy atom. The summed E-state index contributed by atoms with van der Waals surface area (Å²) in [5.41, 5.74) is 7.42. The molecule has 0 spiro atoms. The Bertz CT molecular complexity index is 1080. The van der Waals surface area contributed by atoms with Crippen LogP contribution in [0.4, 0.5) is 5.69 Å². The molecule has 2 aromatic heterocycles. The van der Waals surface area contributed by atoms with Crippen molar-refractivity contribution in [3.05, 3.63) is 35.2 Å². The van der Waals surface area contributed by atoms with Crippen LogP contribution in [-0.4, -0.2) is 41.5 Å². The Balaban J connectivity index is 1.91. The fourth-order valence-electron chi connectivity index (χ4n) is 2.95. The van der Waals surface area contributed by atoms with Crippen molar-refractivity contribution in [2.45, 2.75) is 18.9 Å². The van der Waals surface area contributed by atoms with Crippen molar-refractivity contribution in [2.75, 3.05) is 20.0 Å². The maximum Gasteiger partial charge on any atom is 0.332 e. The Kier molecular flexibility index (Phi) is 4.30. The average molecular weight is 382 g/mol. The third kappa shape index (κ3) is 2.98. The molecule has 3 aromatic rings. The molecule has 0 unspecified atom stereocenters. The predicted molar refractivity (Wildman–Crippen MR) is 99.7 cm³/mol. The molecule has 1 aliphatic carbocycles. The third-order valence-electron chi connectivity index (χ3n) is 4.52. The molecule has 3 N–H and O–H groups in total. The van der Waals surface area contributed by atoms with Crippen LogP contribution in [0.5, 0.6) is 11.8 Å². The standard InChI is InChI=1S/C18H18N6O4/c1-27-13-8-12(18(28-2)22-21-13)10-4-3-5-11-14(19)16(24(26)23-15(10)11)17(25)20-9-6-7-9/h3-5,8-9H,6-7,19H2,1-2H3,(H,20,25). The van der Waals surface area contributed by atoms with Gasteiger partial charge in [-0.25, -0.2) is 0 Å². The van der Waals surface area contributed by atoms with Gasteiger partial charge in [0.05, 0.1) is 19.8 Å². The molecule has 0 radical (unpaired) electrons. The van der Waals surface area contributed by atoms with Crippen LogP contribution >= 0.6 is 0 Å². The number of rotatable bonds is 5. The third-order valence-corrected chi connectivity index (χ3v) is 4.52. The number of aromatic nitrogens is 4. The summed E-state index contributed by atoms with van der Waals surface area (Å²) >= 11 is 0. The quantitative estimate of drug-likeness (QED) is 0.488. The van der Waals surface area contributed by atoms with E-state index in [9.17, 15) is 10.0 Å². The molecule has 4 rings (SSSR count). The summed E-state index contributed by atoms with van der Waals surface area (Å²) in [6.45, 7) is 0. The number of hydrogen-bond acceptors (Lipinski definition) is 8. The first-order chi connectivity index (χ1) is 13.5. The molecule has 1 amide bonds. The monoisotopic (exact) mass is 382 g/mol. The van der Waals surface area contributed by atoms with Crippen molar-refractivity contribution in [3.8, 4) is 22.9 Å². The van der Waals surface area contributed by atoms with Gasteiger partial charge in [-0.2, -0.15) is 0 Å². The van der Waals surface area contributed by atoms with Gasteiger partial charge in [0.15, 0.2) is 0 Å². The molecule has 0 saturated heterocycles. The van der Waals surface area contributed by atoms with Crippen molar-refractivity contribution < 1.29 is 19.1 Å². The topological polar surface area (TPSA) is 139 Å². The number of benzene rings is 1. The Hall–Kier alpha value is -3.69. The molecule has 1 fully saturated rings. The highest BCUT2D eigenvalue weighted by molar-refractivity contribution is 6.06. The van der Waals surface area contributed by atoms with Gasteiger partial charge in [-0.15, -0.1) is 10.2 Å². The lowest BCUT2D eigenvalue weighted by Gasteiger charge is -2.12. The number of carbonyl (C=O) groups excluding carboxylic acids is 1. The Morgan fingerprint density at radius 2 is 2.04 bits per heavy atom. The molecule has 28 heavy (non-hydrogen) atoms. The Labute approximate surface area is 159 Å². The van der Waals surface area contributed by atoms with Crippen LogP contribution in [0.3, 0.4) is 0 Å². The summed E-state index contributed by atoms with van der Waals surface area (Å²) in [6.07, 6.45) is 1.79. The number of nitrogens with one attached hydrogen (secondary N) is 1. The molecule has 2 heterocycles. The molecule has 1 aliphatic rings. The van der Waals surface area contributed by atoms with Gasteiger partial charge in [0.2, 0.25) is 11.8 Å². The lowest BCUT2D eigenvalue weighted by atomic mass is 10.0. The van der Waals surface area contributed by atoms with Crippen LogP contribution in [0.2, 0.25) is 0 Å². The zero-order chi connectivity index (χ0) is 19.8. The minimum absolute atomic E-state index is 0.0629. The Morgan fingerprint density at radius 3 is 2.71 bits per heavy atom. The minimum atomic E-state index is -0.528. The van der Waals surface area contributed by atoms with E-state index in [1.54, 1.807) is 24.3 Å². The highest BCUT2D eigenvalue weighted by Crippen LogP contribution is 2.35. The zero-order valence-corrected chi connectivity index (χ0v) is 15.3. The van der Waals surface area contributed by atoms with E-state index in [4.69, 9.17) is 15.2 Å². The van der Waals surface area contributed by atoms with E-state index in [2.05, 4.69) is 20.6 Å². The van der Waals surface area contributed by atoms with E-state index >= 15 is 0 Å². The maximum absolute atomic E-state index is 12.5. The number of nitrogens with two attached hydrogens (primary N) is 1. The summed E-state index contributed by atoms with van der Waals surface area (Å²) in [7, 11) is 2.93. The van der Waals surface area contributed by atoms with E-state index in [1.807, 2.05) is 0 Å². The molecule has 10 heteroatoms. The molecule has 144 valence electrons. The highest BCUT2D eigenvalue weighted by Gasteiger charge is 2.31. The van der Waals surface area contributed by atoms with Gasteiger partial charge in [-0.1, -0.05) is 18.2 Å². The van der Waals surface area contributed by atoms with Crippen LogP contribution in [-0.2, 0) is 0 Å². The first kappa shape index (κ1) is 17.7. The SMILES string of the molecule is COc1cc(-c2cccc3c(N)c(C(=O)NC4CC4)[n+]([O-])nc23)c(OC)nn1. The van der Waals surface area contributed by atoms with Gasteiger partial charge in [-0.3, -0.25) is 4.79 Å². The van der Waals surface area contributed by atoms with E-state index in [-0.39, 0.29) is 34.0 Å². The van der Waals surface area contributed by atoms with E-state index in [0.717, 1.165) is 12.8 Å². The molecule has 0 atom stereocenters. The predicted octanol–water partition coefficient (Wildman–Crippen LogP) is 0.817. The van der Waals surface area contributed by atoms with Crippen LogP contribution in [0, 0.1) is 5.21 Å². The lowest BCUT2D eigenvalue weighted by Crippen LogP contribution is -2.44. The molecule has 10 nitrogen and oxygen atoms in total. The second-order valence-electron chi connectivity index (χ2n) is 6.39. The number of amides is 1. The van der Waals surface area contributed by atoms with E-state index in [0.29, 0.717) is 22.0 Å². The van der Waals surface area contributed by atoms with Crippen LogP contribution in [0.25, 0.3) is 22.0 Å².